The second-order valence-electron chi connectivity index (χ2n) is 15.7. The highest BCUT2D eigenvalue weighted by Crippen LogP contribution is 2.32. The van der Waals surface area contributed by atoms with Gasteiger partial charge in [0.15, 0.2) is 0 Å². The van der Waals surface area contributed by atoms with Gasteiger partial charge in [-0.05, 0) is 25.7 Å². The second-order valence-corrected chi connectivity index (χ2v) is 15.7. The first-order valence-corrected chi connectivity index (χ1v) is 22.4. The van der Waals surface area contributed by atoms with Crippen LogP contribution in [0.15, 0.2) is 0 Å². The quantitative estimate of drug-likeness (QED) is 0.0458. The maximum Gasteiger partial charge on any atom is 0.108 e. The van der Waals surface area contributed by atoms with E-state index in [-0.39, 0.29) is 36.3 Å². The van der Waals surface area contributed by atoms with Crippen LogP contribution in [0.25, 0.3) is 0 Å². The third kappa shape index (κ3) is 26.2. The zero-order valence-corrected chi connectivity index (χ0v) is 34.4. The molecule has 4 unspecified atom stereocenters. The first kappa shape index (κ1) is 46.9. The van der Waals surface area contributed by atoms with Gasteiger partial charge in [0.25, 0.3) is 0 Å². The molecule has 2 heterocycles. The summed E-state index contributed by atoms with van der Waals surface area (Å²) in [5.41, 5.74) is 0. The number of unbranched alkanes of at least 4 members (excludes halogenated alkanes) is 20. The molecule has 2 aliphatic heterocycles. The monoisotopic (exact) mass is 727 g/mol. The fourth-order valence-electron chi connectivity index (χ4n) is 7.03. The first-order valence-electron chi connectivity index (χ1n) is 22.4. The average Bonchev–Trinajstić information content (AvgIpc) is 4.07. The van der Waals surface area contributed by atoms with Gasteiger partial charge in [-0.2, -0.15) is 0 Å². The van der Waals surface area contributed by atoms with Gasteiger partial charge in [0.2, 0.25) is 0 Å². The lowest BCUT2D eigenvalue weighted by Crippen LogP contribution is -2.45. The van der Waals surface area contributed by atoms with Crippen LogP contribution < -0.4 is 0 Å². The molecule has 4 atom stereocenters. The van der Waals surface area contributed by atoms with Crippen molar-refractivity contribution in [2.24, 2.45) is 11.8 Å². The molecule has 7 nitrogen and oxygen atoms in total. The smallest absolute Gasteiger partial charge is 0.108 e. The molecule has 2 saturated heterocycles. The average molecular weight is 727 g/mol. The van der Waals surface area contributed by atoms with Crippen LogP contribution in [0.4, 0.5) is 0 Å². The van der Waals surface area contributed by atoms with E-state index in [1.165, 1.54) is 128 Å². The van der Waals surface area contributed by atoms with Gasteiger partial charge >= 0.3 is 0 Å². The number of epoxide rings is 2. The van der Waals surface area contributed by atoms with E-state index in [1.54, 1.807) is 0 Å². The maximum absolute atomic E-state index is 7.14. The largest absolute Gasteiger partial charge is 0.381 e. The molecule has 0 radical (unpaired) electrons. The van der Waals surface area contributed by atoms with E-state index in [2.05, 4.69) is 27.7 Å². The molecule has 304 valence electrons. The molecule has 2 fully saturated rings. The summed E-state index contributed by atoms with van der Waals surface area (Å²) in [7, 11) is 0. The van der Waals surface area contributed by atoms with E-state index in [9.17, 15) is 0 Å². The van der Waals surface area contributed by atoms with Gasteiger partial charge < -0.3 is 33.2 Å². The van der Waals surface area contributed by atoms with E-state index in [0.717, 1.165) is 65.3 Å². The zero-order chi connectivity index (χ0) is 36.5. The summed E-state index contributed by atoms with van der Waals surface area (Å²) in [6.07, 6.45) is 30.4. The minimum Gasteiger partial charge on any atom is -0.381 e. The lowest BCUT2D eigenvalue weighted by Gasteiger charge is -2.33. The Morgan fingerprint density at radius 2 is 0.608 bits per heavy atom. The zero-order valence-electron chi connectivity index (χ0n) is 34.4. The van der Waals surface area contributed by atoms with Gasteiger partial charge in [-0.1, -0.05) is 156 Å². The van der Waals surface area contributed by atoms with Gasteiger partial charge in [0.05, 0.1) is 51.8 Å². The SMILES string of the molecule is CCCCCCCCOCC(COCCCCCCCC)C(OC(C(COCCCCCCCC)COCCCCCCCC)C1CO1)C1CO1. The number of ether oxygens (including phenoxy) is 7. The Bertz CT molecular complexity index is 618. The summed E-state index contributed by atoms with van der Waals surface area (Å²) in [4.78, 5) is 0. The Labute approximate surface area is 316 Å². The second kappa shape index (κ2) is 34.2. The van der Waals surface area contributed by atoms with Crippen molar-refractivity contribution in [1.82, 2.24) is 0 Å². The normalized spacial score (nSPS) is 18.2. The highest BCUT2D eigenvalue weighted by molar-refractivity contribution is 4.92. The molecule has 0 aliphatic carbocycles. The van der Waals surface area contributed by atoms with E-state index in [4.69, 9.17) is 33.2 Å². The molecular formula is C44H86O7. The summed E-state index contributed by atoms with van der Waals surface area (Å²) in [6, 6.07) is 0. The fraction of sp³-hybridized carbons (Fsp3) is 1.00. The molecule has 0 bridgehead atoms. The first-order chi connectivity index (χ1) is 25.2. The highest BCUT2D eigenvalue weighted by atomic mass is 16.6. The van der Waals surface area contributed by atoms with Crippen LogP contribution in [0.2, 0.25) is 0 Å². The summed E-state index contributed by atoms with van der Waals surface area (Å²) in [6.45, 7) is 16.3. The van der Waals surface area contributed by atoms with Crippen LogP contribution in [-0.4, -0.2) is 90.5 Å². The third-order valence-corrected chi connectivity index (χ3v) is 10.6. The van der Waals surface area contributed by atoms with Crippen molar-refractivity contribution in [3.8, 4) is 0 Å². The third-order valence-electron chi connectivity index (χ3n) is 10.6. The highest BCUT2D eigenvalue weighted by Gasteiger charge is 2.46. The van der Waals surface area contributed by atoms with Gasteiger partial charge in [0, 0.05) is 38.3 Å². The Hall–Kier alpha value is -0.280. The van der Waals surface area contributed by atoms with Gasteiger partial charge in [-0.3, -0.25) is 0 Å². The van der Waals surface area contributed by atoms with E-state index >= 15 is 0 Å². The molecule has 7 heteroatoms. The molecule has 0 aromatic rings. The summed E-state index contributed by atoms with van der Waals surface area (Å²) < 4.78 is 44.5. The van der Waals surface area contributed by atoms with Crippen LogP contribution in [0.1, 0.15) is 182 Å². The molecule has 0 spiro atoms. The molecule has 0 aromatic carbocycles. The van der Waals surface area contributed by atoms with Crippen molar-refractivity contribution in [2.45, 2.75) is 206 Å². The van der Waals surface area contributed by atoms with Crippen molar-refractivity contribution in [3.05, 3.63) is 0 Å². The lowest BCUT2D eigenvalue weighted by atomic mass is 9.97. The standard InChI is InChI=1S/C44H86O7/c1-5-9-13-17-21-25-29-45-33-39(34-46-30-26-22-18-14-10-6-2)43(41-37-49-41)51-44(42-38-50-42)40(35-47-31-27-23-19-15-11-7-3)36-48-32-28-24-20-16-12-8-4/h39-44H,5-38H2,1-4H3. The Morgan fingerprint density at radius 1 is 0.373 bits per heavy atom. The summed E-state index contributed by atoms with van der Waals surface area (Å²) in [5.74, 6) is 0.236. The molecule has 0 aromatic heterocycles. The molecule has 2 rings (SSSR count). The van der Waals surface area contributed by atoms with Crippen LogP contribution in [-0.2, 0) is 33.2 Å². The fourth-order valence-corrected chi connectivity index (χ4v) is 7.03. The number of hydrogen-bond acceptors (Lipinski definition) is 7. The molecule has 2 aliphatic rings. The van der Waals surface area contributed by atoms with Crippen molar-refractivity contribution in [2.75, 3.05) is 66.1 Å². The van der Waals surface area contributed by atoms with E-state index in [0.29, 0.717) is 26.4 Å². The van der Waals surface area contributed by atoms with Crippen molar-refractivity contribution >= 4 is 0 Å². The Balaban J connectivity index is 1.99. The van der Waals surface area contributed by atoms with Crippen LogP contribution >= 0.6 is 0 Å². The van der Waals surface area contributed by atoms with E-state index < -0.39 is 0 Å². The predicted octanol–water partition coefficient (Wildman–Crippen LogP) is 11.3. The van der Waals surface area contributed by atoms with Crippen LogP contribution in [0.5, 0.6) is 0 Å². The predicted molar refractivity (Wildman–Crippen MR) is 212 cm³/mol. The van der Waals surface area contributed by atoms with Crippen LogP contribution in [0.3, 0.4) is 0 Å². The van der Waals surface area contributed by atoms with Gasteiger partial charge in [0.1, 0.15) is 12.2 Å². The van der Waals surface area contributed by atoms with Crippen molar-refractivity contribution in [1.29, 1.82) is 0 Å². The van der Waals surface area contributed by atoms with Crippen LogP contribution in [0, 0.1) is 11.8 Å². The summed E-state index contributed by atoms with van der Waals surface area (Å²) >= 11 is 0. The minimum absolute atomic E-state index is 0.0836. The maximum atomic E-state index is 7.14. The topological polar surface area (TPSA) is 71.2 Å². The van der Waals surface area contributed by atoms with Gasteiger partial charge in [-0.25, -0.2) is 0 Å². The van der Waals surface area contributed by atoms with Crippen molar-refractivity contribution < 1.29 is 33.2 Å². The van der Waals surface area contributed by atoms with E-state index in [1.807, 2.05) is 0 Å². The van der Waals surface area contributed by atoms with Gasteiger partial charge in [-0.15, -0.1) is 0 Å². The molecule has 51 heavy (non-hydrogen) atoms. The molecule has 0 saturated carbocycles. The lowest BCUT2D eigenvalue weighted by molar-refractivity contribution is -0.134. The number of rotatable bonds is 42. The number of hydrogen-bond donors (Lipinski definition) is 0. The Kier molecular flexibility index (Phi) is 31.5. The Morgan fingerprint density at radius 3 is 0.843 bits per heavy atom. The molecular weight excluding hydrogens is 640 g/mol. The minimum atomic E-state index is -0.0899. The summed E-state index contributed by atoms with van der Waals surface area (Å²) in [5, 5.41) is 0. The molecule has 0 amide bonds. The van der Waals surface area contributed by atoms with Crippen molar-refractivity contribution in [3.63, 3.8) is 0 Å². The molecule has 0 N–H and O–H groups in total.